The van der Waals surface area contributed by atoms with E-state index in [-0.39, 0.29) is 23.4 Å². The summed E-state index contributed by atoms with van der Waals surface area (Å²) in [4.78, 5) is 27.2. The maximum atomic E-state index is 13.6. The highest BCUT2D eigenvalue weighted by Gasteiger charge is 2.33. The van der Waals surface area contributed by atoms with Gasteiger partial charge >= 0.3 is 0 Å². The fraction of sp³-hybridized carbons (Fsp3) is 0.148. The number of nitrogens with one attached hydrogen (secondary N) is 1. The Balaban J connectivity index is 1.46. The Bertz CT molecular complexity index is 1500. The van der Waals surface area contributed by atoms with Crippen LogP contribution in [0.3, 0.4) is 0 Å². The predicted molar refractivity (Wildman–Crippen MR) is 158 cm³/mol. The summed E-state index contributed by atoms with van der Waals surface area (Å²) >= 11 is 15.8. The standard InChI is InChI=1S/C27H21BrClFN2O4S2/c1-14-15(2)21(8-6-18(14)28)31-25(33)13-36-22-9-4-16(10-23(22)35-3)11-24-26(34)32(27(37)38-24)17-5-7-20(30)19(29)12-17/h4-12H,13H2,1-3H3,(H,31,33)/b24-11+. The van der Waals surface area contributed by atoms with Crippen LogP contribution < -0.4 is 19.7 Å². The number of carbonyl (C=O) groups is 2. The van der Waals surface area contributed by atoms with Crippen molar-refractivity contribution >= 4 is 85.1 Å². The van der Waals surface area contributed by atoms with Gasteiger partial charge in [-0.15, -0.1) is 0 Å². The van der Waals surface area contributed by atoms with E-state index in [4.69, 9.17) is 33.3 Å². The molecule has 3 aromatic rings. The van der Waals surface area contributed by atoms with Crippen LogP contribution in [-0.2, 0) is 9.59 Å². The van der Waals surface area contributed by atoms with Crippen LogP contribution in [0.2, 0.25) is 5.02 Å². The lowest BCUT2D eigenvalue weighted by atomic mass is 10.1. The van der Waals surface area contributed by atoms with Gasteiger partial charge in [-0.3, -0.25) is 14.5 Å². The lowest BCUT2D eigenvalue weighted by Crippen LogP contribution is -2.27. The number of anilines is 2. The van der Waals surface area contributed by atoms with E-state index in [9.17, 15) is 14.0 Å². The second-order valence-corrected chi connectivity index (χ2v) is 11.1. The van der Waals surface area contributed by atoms with Gasteiger partial charge in [-0.25, -0.2) is 4.39 Å². The van der Waals surface area contributed by atoms with Crippen molar-refractivity contribution < 1.29 is 23.5 Å². The van der Waals surface area contributed by atoms with Crippen molar-refractivity contribution in [3.63, 3.8) is 0 Å². The summed E-state index contributed by atoms with van der Waals surface area (Å²) in [5.74, 6) is -0.482. The number of hydrogen-bond donors (Lipinski definition) is 1. The van der Waals surface area contributed by atoms with Crippen molar-refractivity contribution in [1.29, 1.82) is 0 Å². The zero-order chi connectivity index (χ0) is 27.6. The zero-order valence-corrected chi connectivity index (χ0v) is 24.4. The molecule has 0 spiro atoms. The van der Waals surface area contributed by atoms with Crippen molar-refractivity contribution in [2.24, 2.45) is 0 Å². The van der Waals surface area contributed by atoms with E-state index in [0.29, 0.717) is 37.7 Å². The van der Waals surface area contributed by atoms with E-state index in [1.807, 2.05) is 26.0 Å². The van der Waals surface area contributed by atoms with Gasteiger partial charge in [0.2, 0.25) is 0 Å². The molecule has 196 valence electrons. The normalized spacial score (nSPS) is 14.3. The number of ether oxygens (including phenoxy) is 2. The van der Waals surface area contributed by atoms with E-state index >= 15 is 0 Å². The van der Waals surface area contributed by atoms with Crippen LogP contribution in [0.15, 0.2) is 57.9 Å². The number of hydrogen-bond acceptors (Lipinski definition) is 6. The molecule has 1 saturated heterocycles. The van der Waals surface area contributed by atoms with Crippen molar-refractivity contribution in [2.45, 2.75) is 13.8 Å². The Morgan fingerprint density at radius 1 is 1.16 bits per heavy atom. The minimum absolute atomic E-state index is 0.100. The van der Waals surface area contributed by atoms with Gasteiger partial charge in [-0.05, 0) is 79.1 Å². The summed E-state index contributed by atoms with van der Waals surface area (Å²) in [7, 11) is 1.48. The third-order valence-corrected chi connectivity index (χ3v) is 8.25. The van der Waals surface area contributed by atoms with E-state index in [2.05, 4.69) is 21.2 Å². The molecule has 1 aliphatic rings. The first-order chi connectivity index (χ1) is 18.1. The quantitative estimate of drug-likeness (QED) is 0.217. The van der Waals surface area contributed by atoms with Crippen molar-refractivity contribution in [3.05, 3.63) is 85.4 Å². The monoisotopic (exact) mass is 634 g/mol. The second kappa shape index (κ2) is 11.9. The number of carbonyl (C=O) groups excluding carboxylic acids is 2. The Morgan fingerprint density at radius 3 is 2.63 bits per heavy atom. The number of rotatable bonds is 7. The van der Waals surface area contributed by atoms with Crippen molar-refractivity contribution in [3.8, 4) is 11.5 Å². The molecular formula is C27H21BrClFN2O4S2. The Labute approximate surface area is 242 Å². The van der Waals surface area contributed by atoms with Crippen LogP contribution in [-0.4, -0.2) is 29.9 Å². The number of amides is 2. The summed E-state index contributed by atoms with van der Waals surface area (Å²) < 4.78 is 26.0. The fourth-order valence-corrected chi connectivity index (χ4v) is 5.51. The lowest BCUT2D eigenvalue weighted by molar-refractivity contribution is -0.118. The van der Waals surface area contributed by atoms with Gasteiger partial charge in [-0.1, -0.05) is 57.6 Å². The number of methoxy groups -OCH3 is 1. The Morgan fingerprint density at radius 2 is 1.92 bits per heavy atom. The maximum Gasteiger partial charge on any atom is 0.270 e. The molecule has 1 aliphatic heterocycles. The van der Waals surface area contributed by atoms with Crippen LogP contribution in [0, 0.1) is 19.7 Å². The molecule has 2 amide bonds. The minimum Gasteiger partial charge on any atom is -0.493 e. The van der Waals surface area contributed by atoms with Crippen LogP contribution in [0.4, 0.5) is 15.8 Å². The van der Waals surface area contributed by atoms with Gasteiger partial charge in [0.15, 0.2) is 22.4 Å². The molecule has 38 heavy (non-hydrogen) atoms. The summed E-state index contributed by atoms with van der Waals surface area (Å²) in [6, 6.07) is 12.8. The first-order valence-corrected chi connectivity index (χ1v) is 13.6. The number of thiocarbonyl (C=S) groups is 1. The highest BCUT2D eigenvalue weighted by atomic mass is 79.9. The van der Waals surface area contributed by atoms with Gasteiger partial charge in [0.1, 0.15) is 5.82 Å². The molecule has 0 aromatic heterocycles. The lowest BCUT2D eigenvalue weighted by Gasteiger charge is -2.15. The number of benzene rings is 3. The first-order valence-electron chi connectivity index (χ1n) is 11.2. The van der Waals surface area contributed by atoms with E-state index in [1.165, 1.54) is 30.2 Å². The summed E-state index contributed by atoms with van der Waals surface area (Å²) in [6.07, 6.45) is 1.67. The van der Waals surface area contributed by atoms with E-state index in [0.717, 1.165) is 27.4 Å². The Kier molecular flexibility index (Phi) is 8.77. The van der Waals surface area contributed by atoms with E-state index in [1.54, 1.807) is 24.3 Å². The predicted octanol–water partition coefficient (Wildman–Crippen LogP) is 7.29. The molecule has 0 radical (unpaired) electrons. The molecule has 0 unspecified atom stereocenters. The number of thioether (sulfide) groups is 1. The molecule has 11 heteroatoms. The molecular weight excluding hydrogens is 615 g/mol. The summed E-state index contributed by atoms with van der Waals surface area (Å²) in [6.45, 7) is 3.68. The number of halogens is 3. The van der Waals surface area contributed by atoms with Gasteiger partial charge in [0, 0.05) is 10.2 Å². The van der Waals surface area contributed by atoms with Crippen LogP contribution >= 0.6 is 51.5 Å². The summed E-state index contributed by atoms with van der Waals surface area (Å²) in [5.41, 5.74) is 3.76. The second-order valence-electron chi connectivity index (χ2n) is 8.21. The third kappa shape index (κ3) is 6.04. The van der Waals surface area contributed by atoms with Gasteiger partial charge in [0.05, 0.1) is 22.7 Å². The van der Waals surface area contributed by atoms with E-state index < -0.39 is 5.82 Å². The number of nitrogens with zero attached hydrogens (tertiary/aromatic N) is 1. The first kappa shape index (κ1) is 28.1. The molecule has 6 nitrogen and oxygen atoms in total. The smallest absolute Gasteiger partial charge is 0.270 e. The highest BCUT2D eigenvalue weighted by Crippen LogP contribution is 2.38. The maximum absolute atomic E-state index is 13.6. The molecule has 1 fully saturated rings. The fourth-order valence-electron chi connectivity index (χ4n) is 3.61. The molecule has 1 heterocycles. The Hall–Kier alpha value is -2.92. The molecule has 0 saturated carbocycles. The zero-order valence-electron chi connectivity index (χ0n) is 20.4. The topological polar surface area (TPSA) is 67.9 Å². The molecule has 0 aliphatic carbocycles. The average Bonchev–Trinajstić information content (AvgIpc) is 3.17. The van der Waals surface area contributed by atoms with Gasteiger partial charge in [0.25, 0.3) is 11.8 Å². The summed E-state index contributed by atoms with van der Waals surface area (Å²) in [5, 5.41) is 2.76. The SMILES string of the molecule is COc1cc(/C=C2/SC(=S)N(c3ccc(F)c(Cl)c3)C2=O)ccc1OCC(=O)Nc1ccc(Br)c(C)c1C. The van der Waals surface area contributed by atoms with Crippen LogP contribution in [0.5, 0.6) is 11.5 Å². The van der Waals surface area contributed by atoms with Crippen molar-refractivity contribution in [2.75, 3.05) is 23.9 Å². The van der Waals surface area contributed by atoms with Crippen LogP contribution in [0.25, 0.3) is 6.08 Å². The molecule has 0 atom stereocenters. The minimum atomic E-state index is -0.582. The molecule has 1 N–H and O–H groups in total. The van der Waals surface area contributed by atoms with Crippen LogP contribution in [0.1, 0.15) is 16.7 Å². The third-order valence-electron chi connectivity index (χ3n) is 5.79. The highest BCUT2D eigenvalue weighted by molar-refractivity contribution is 9.10. The molecule has 3 aromatic carbocycles. The van der Waals surface area contributed by atoms with Crippen molar-refractivity contribution in [1.82, 2.24) is 0 Å². The molecule has 0 bridgehead atoms. The largest absolute Gasteiger partial charge is 0.493 e. The average molecular weight is 636 g/mol. The van der Waals surface area contributed by atoms with Gasteiger partial charge < -0.3 is 14.8 Å². The van der Waals surface area contributed by atoms with Gasteiger partial charge in [-0.2, -0.15) is 0 Å². The molecule has 4 rings (SSSR count).